The zero-order chi connectivity index (χ0) is 50.7. The van der Waals surface area contributed by atoms with Crippen molar-refractivity contribution in [1.82, 2.24) is 30.1 Å². The molecule has 4 amide bonds. The van der Waals surface area contributed by atoms with Gasteiger partial charge in [-0.2, -0.15) is 0 Å². The van der Waals surface area contributed by atoms with Gasteiger partial charge in [-0.1, -0.05) is 82.7 Å². The maximum Gasteiger partial charge on any atom is 0.324 e. The van der Waals surface area contributed by atoms with Crippen LogP contribution in [-0.2, 0) is 58.2 Å². The lowest BCUT2D eigenvalue weighted by molar-refractivity contribution is -0.155. The lowest BCUT2D eigenvalue weighted by Crippen LogP contribution is -2.62. The number of hydrazine groups is 1. The summed E-state index contributed by atoms with van der Waals surface area (Å²) in [6.45, 7) is 17.4. The fourth-order valence-electron chi connectivity index (χ4n) is 10.5. The molecule has 6 bridgehead atoms. The van der Waals surface area contributed by atoms with Crippen LogP contribution in [0.15, 0.2) is 73.3 Å². The molecule has 372 valence electrons. The number of carbonyl (C=O) groups is 5. The number of likely N-dealkylation sites (N-methyl/N-ethyl adjacent to an activating group) is 1. The predicted molar refractivity (Wildman–Crippen MR) is 270 cm³/mol. The second-order valence-electron chi connectivity index (χ2n) is 20.7. The fourth-order valence-corrected chi connectivity index (χ4v) is 10.5. The van der Waals surface area contributed by atoms with E-state index in [0.717, 1.165) is 38.9 Å². The molecule has 70 heavy (non-hydrogen) atoms. The maximum absolute atomic E-state index is 14.8. The van der Waals surface area contributed by atoms with E-state index in [2.05, 4.69) is 85.8 Å². The van der Waals surface area contributed by atoms with Crippen LogP contribution in [0.25, 0.3) is 33.3 Å². The number of aromatic hydroxyl groups is 1. The van der Waals surface area contributed by atoms with Crippen molar-refractivity contribution in [3.8, 4) is 40.1 Å². The third-order valence-electron chi connectivity index (χ3n) is 13.9. The van der Waals surface area contributed by atoms with Gasteiger partial charge in [0.1, 0.15) is 23.9 Å². The smallest absolute Gasteiger partial charge is 0.324 e. The summed E-state index contributed by atoms with van der Waals surface area (Å²) < 4.78 is 14.0. The van der Waals surface area contributed by atoms with E-state index in [1.165, 1.54) is 16.0 Å². The van der Waals surface area contributed by atoms with E-state index in [9.17, 15) is 29.1 Å². The number of hydrogen-bond donors (Lipinski definition) is 4. The molecule has 15 heteroatoms. The van der Waals surface area contributed by atoms with Gasteiger partial charge in [0.2, 0.25) is 17.7 Å². The lowest BCUT2D eigenvalue weighted by atomic mass is 9.81. The Morgan fingerprint density at radius 3 is 2.56 bits per heavy atom. The number of aromatic nitrogens is 1. The highest BCUT2D eigenvalue weighted by atomic mass is 16.5. The molecular formula is C55H69N7O8. The number of ether oxygens (including phenoxy) is 2. The summed E-state index contributed by atoms with van der Waals surface area (Å²) in [5.41, 5.74) is 14.7. The topological polar surface area (TPSA) is 189 Å². The predicted octanol–water partition coefficient (Wildman–Crippen LogP) is 5.69. The van der Waals surface area contributed by atoms with Crippen LogP contribution in [-0.4, -0.2) is 119 Å². The lowest BCUT2D eigenvalue weighted by Gasteiger charge is -2.37. The number of likely N-dealkylation sites (tertiary alicyclic amines) is 1. The summed E-state index contributed by atoms with van der Waals surface area (Å²) in [6, 6.07) is 19.3. The van der Waals surface area contributed by atoms with Crippen molar-refractivity contribution in [2.45, 2.75) is 104 Å². The van der Waals surface area contributed by atoms with Gasteiger partial charge in [-0.3, -0.25) is 29.0 Å². The summed E-state index contributed by atoms with van der Waals surface area (Å²) in [5, 5.41) is 16.8. The van der Waals surface area contributed by atoms with Gasteiger partial charge in [-0.25, -0.2) is 5.43 Å². The molecule has 2 saturated heterocycles. The second kappa shape index (κ2) is 21.2. The number of benzene rings is 3. The average Bonchev–Trinajstić information content (AvgIpc) is 3.95. The van der Waals surface area contributed by atoms with E-state index in [-0.39, 0.29) is 49.6 Å². The number of phenolic OH excluding ortho intramolecular Hbond substituents is 1. The fraction of sp³-hybridized carbons (Fsp3) is 0.473. The molecule has 3 aliphatic heterocycles. The molecule has 15 nitrogen and oxygen atoms in total. The quantitative estimate of drug-likeness (QED) is 0.0630. The van der Waals surface area contributed by atoms with Crippen molar-refractivity contribution < 1.29 is 38.6 Å². The van der Waals surface area contributed by atoms with Gasteiger partial charge in [0.25, 0.3) is 5.91 Å². The molecule has 4 heterocycles. The Morgan fingerprint density at radius 2 is 1.84 bits per heavy atom. The molecule has 3 aromatic carbocycles. The number of amides is 4. The summed E-state index contributed by atoms with van der Waals surface area (Å²) in [5.74, 6) is 0.316. The minimum atomic E-state index is -1.19. The van der Waals surface area contributed by atoms with Crippen molar-refractivity contribution >= 4 is 40.5 Å². The van der Waals surface area contributed by atoms with Crippen LogP contribution in [0.1, 0.15) is 77.5 Å². The average molecular weight is 956 g/mol. The van der Waals surface area contributed by atoms with E-state index in [0.29, 0.717) is 56.5 Å². The van der Waals surface area contributed by atoms with E-state index in [1.54, 1.807) is 31.2 Å². The molecule has 0 spiro atoms. The van der Waals surface area contributed by atoms with Crippen LogP contribution in [0.3, 0.4) is 0 Å². The molecule has 1 aromatic heterocycles. The van der Waals surface area contributed by atoms with Gasteiger partial charge in [0.05, 0.1) is 30.2 Å². The number of phenols is 1. The Hall–Kier alpha value is -6.63. The van der Waals surface area contributed by atoms with Crippen LogP contribution < -0.4 is 16.5 Å². The van der Waals surface area contributed by atoms with E-state index < -0.39 is 52.7 Å². The first-order chi connectivity index (χ1) is 33.3. The summed E-state index contributed by atoms with van der Waals surface area (Å²) in [4.78, 5) is 72.7. The first kappa shape index (κ1) is 51.2. The molecule has 3 aliphatic rings. The summed E-state index contributed by atoms with van der Waals surface area (Å²) >= 11 is 0. The normalized spacial score (nSPS) is 20.0. The van der Waals surface area contributed by atoms with Gasteiger partial charge in [0, 0.05) is 80.2 Å². The molecule has 7 rings (SSSR count). The number of nitrogens with one attached hydrogen (secondary N) is 2. The third kappa shape index (κ3) is 10.9. The number of fused-ring (bicyclic) bond motifs is 6. The van der Waals surface area contributed by atoms with Crippen LogP contribution in [0, 0.1) is 29.2 Å². The molecule has 0 radical (unpaired) electrons. The number of nitrogens with two attached hydrogens (primary N) is 1. The Balaban J connectivity index is 1.35. The number of hydrogen-bond acceptors (Lipinski definition) is 10. The van der Waals surface area contributed by atoms with E-state index >= 15 is 0 Å². The highest BCUT2D eigenvalue weighted by Crippen LogP contribution is 2.45. The Morgan fingerprint density at radius 1 is 1.09 bits per heavy atom. The molecular weight excluding hydrogens is 887 g/mol. The zero-order valence-corrected chi connectivity index (χ0v) is 41.9. The summed E-state index contributed by atoms with van der Waals surface area (Å²) in [6.07, 6.45) is 3.21. The van der Waals surface area contributed by atoms with Crippen LogP contribution >= 0.6 is 0 Å². The minimum Gasteiger partial charge on any atom is -0.508 e. The van der Waals surface area contributed by atoms with Gasteiger partial charge in [0.15, 0.2) is 0 Å². The van der Waals surface area contributed by atoms with Crippen molar-refractivity contribution in [3.05, 3.63) is 90.0 Å². The molecule has 4 aromatic rings. The molecule has 0 unspecified atom stereocenters. The molecule has 0 aliphatic carbocycles. The van der Waals surface area contributed by atoms with Gasteiger partial charge >= 0.3 is 5.97 Å². The molecule has 4 atom stereocenters. The first-order valence-electron chi connectivity index (χ1n) is 24.3. The Labute approximate surface area is 411 Å². The number of nitrogens with zero attached hydrogens (tertiary/aromatic N) is 4. The third-order valence-corrected chi connectivity index (χ3v) is 13.9. The largest absolute Gasteiger partial charge is 0.508 e. The monoisotopic (exact) mass is 956 g/mol. The van der Waals surface area contributed by atoms with E-state index in [1.807, 2.05) is 38.1 Å². The number of carbonyl (C=O) groups excluding carboxylic acids is 5. The summed E-state index contributed by atoms with van der Waals surface area (Å²) in [7, 11) is 3.27. The molecule has 5 N–H and O–H groups in total. The number of rotatable bonds is 11. The number of cyclic esters (lactones) is 1. The maximum atomic E-state index is 14.8. The van der Waals surface area contributed by atoms with Crippen molar-refractivity contribution in [3.63, 3.8) is 0 Å². The van der Waals surface area contributed by atoms with Crippen LogP contribution in [0.4, 0.5) is 0 Å². The second-order valence-corrected chi connectivity index (χ2v) is 20.7. The Kier molecular flexibility index (Phi) is 15.5. The standard InChI is InChI=1S/C55H69N7O8/c1-10-46(64)60-24-19-38(31-60)51(66)59(8)48(34(2)3)50(65)57-44-28-35-26-39(29-40(63)27-35)37-17-18-42-45(30-37)61(32-54(4,5)33-70-53(68)43-16-13-23-62(58-43)52(44)67)49(47(42)55(6,7)21-22-56)41-15-12-11-14-36(41)20-25-69-9/h10-12,14-15,17-18,26-27,29-30,34,38,43-44,48,58,63H,1,13,16,19-20,23-25,28,31-33,56H2,2-9H3,(H,57,65)/t38-,43-,44-,48-/m0/s1. The van der Waals surface area contributed by atoms with Gasteiger partial charge in [-0.15, -0.1) is 0 Å². The molecule has 2 fully saturated rings. The van der Waals surface area contributed by atoms with Crippen molar-refractivity contribution in [1.29, 1.82) is 0 Å². The van der Waals surface area contributed by atoms with Crippen molar-refractivity contribution in [2.75, 3.05) is 47.0 Å². The number of esters is 1. The van der Waals surface area contributed by atoms with Gasteiger partial charge in [-0.05, 0) is 92.0 Å². The van der Waals surface area contributed by atoms with Crippen molar-refractivity contribution in [2.24, 2.45) is 23.0 Å². The van der Waals surface area contributed by atoms with E-state index in [4.69, 9.17) is 15.2 Å². The highest BCUT2D eigenvalue weighted by Gasteiger charge is 2.40. The SMILES string of the molecule is C=CC(=O)N1CC[C@H](C(=O)N(C)[C@H](C(=O)N[C@H]2Cc3cc(O)cc(c3)-c3ccc4c(C(C)(C)C#CN)c(-c5ccccc5CCOC)n(c4c3)CC(C)(C)COC(=O)[C@@H]3CCCN(N3)C2=O)C(C)C)C1. The number of methoxy groups -OCH3 is 1. The minimum absolute atomic E-state index is 0.0334. The highest BCUT2D eigenvalue weighted by molar-refractivity contribution is 5.97. The van der Waals surface area contributed by atoms with Gasteiger partial charge < -0.3 is 40.0 Å². The zero-order valence-electron chi connectivity index (χ0n) is 41.9. The molecule has 0 saturated carbocycles. The van der Waals surface area contributed by atoms with Crippen LogP contribution in [0.2, 0.25) is 0 Å². The van der Waals surface area contributed by atoms with Crippen LogP contribution in [0.5, 0.6) is 5.75 Å². The first-order valence-corrected chi connectivity index (χ1v) is 24.3. The Bertz CT molecular complexity index is 2730.